The highest BCUT2D eigenvalue weighted by molar-refractivity contribution is 5.28. The highest BCUT2D eigenvalue weighted by Crippen LogP contribution is 2.29. The monoisotopic (exact) mass is 189 g/mol. The van der Waals surface area contributed by atoms with Gasteiger partial charge in [-0.3, -0.25) is 0 Å². The van der Waals surface area contributed by atoms with Gasteiger partial charge in [-0.2, -0.15) is 0 Å². The zero-order chi connectivity index (χ0) is 10.1. The quantitative estimate of drug-likeness (QED) is 0.754. The molecule has 1 heterocycles. The number of nitrogens with one attached hydrogen (secondary N) is 1. The van der Waals surface area contributed by atoms with Crippen molar-refractivity contribution in [3.63, 3.8) is 0 Å². The van der Waals surface area contributed by atoms with Gasteiger partial charge < -0.3 is 5.32 Å². The molecule has 1 fully saturated rings. The van der Waals surface area contributed by atoms with E-state index >= 15 is 0 Å². The fourth-order valence-corrected chi connectivity index (χ4v) is 2.01. The molecular formula is C13H19N. The van der Waals surface area contributed by atoms with Crippen molar-refractivity contribution in [2.75, 3.05) is 6.54 Å². The first-order valence-electron chi connectivity index (χ1n) is 5.51. The highest BCUT2D eigenvalue weighted by Gasteiger charge is 2.26. The van der Waals surface area contributed by atoms with Crippen LogP contribution in [-0.4, -0.2) is 6.54 Å². The summed E-state index contributed by atoms with van der Waals surface area (Å²) in [6.07, 6.45) is 0. The molecule has 0 bridgehead atoms. The van der Waals surface area contributed by atoms with Crippen molar-refractivity contribution in [1.82, 2.24) is 5.32 Å². The molecule has 1 aromatic carbocycles. The van der Waals surface area contributed by atoms with E-state index in [1.165, 1.54) is 11.1 Å². The Morgan fingerprint density at radius 2 is 1.86 bits per heavy atom. The maximum atomic E-state index is 3.46. The summed E-state index contributed by atoms with van der Waals surface area (Å²) >= 11 is 0. The van der Waals surface area contributed by atoms with Gasteiger partial charge in [0, 0.05) is 12.6 Å². The SMILES string of the molecule is CC(C)c1ccc(C2NCC2C)cc1. The predicted molar refractivity (Wildman–Crippen MR) is 60.4 cm³/mol. The summed E-state index contributed by atoms with van der Waals surface area (Å²) in [5.74, 6) is 1.43. The molecule has 1 nitrogen and oxygen atoms in total. The minimum atomic E-state index is 0.594. The zero-order valence-corrected chi connectivity index (χ0v) is 9.25. The van der Waals surface area contributed by atoms with Crippen LogP contribution in [0.5, 0.6) is 0 Å². The minimum absolute atomic E-state index is 0.594. The lowest BCUT2D eigenvalue weighted by Gasteiger charge is -2.36. The van der Waals surface area contributed by atoms with Crippen LogP contribution in [0.1, 0.15) is 43.9 Å². The van der Waals surface area contributed by atoms with Gasteiger partial charge in [-0.15, -0.1) is 0 Å². The summed E-state index contributed by atoms with van der Waals surface area (Å²) in [7, 11) is 0. The Kier molecular flexibility index (Phi) is 2.60. The molecule has 1 heteroatoms. The van der Waals surface area contributed by atoms with Gasteiger partial charge in [-0.25, -0.2) is 0 Å². The van der Waals surface area contributed by atoms with Gasteiger partial charge in [0.2, 0.25) is 0 Å². The Hall–Kier alpha value is -0.820. The second-order valence-electron chi connectivity index (χ2n) is 4.68. The normalized spacial score (nSPS) is 26.3. The van der Waals surface area contributed by atoms with Crippen LogP contribution in [0.2, 0.25) is 0 Å². The summed E-state index contributed by atoms with van der Waals surface area (Å²) in [5.41, 5.74) is 2.87. The van der Waals surface area contributed by atoms with E-state index in [0.29, 0.717) is 12.0 Å². The van der Waals surface area contributed by atoms with Crippen molar-refractivity contribution in [3.05, 3.63) is 35.4 Å². The summed E-state index contributed by atoms with van der Waals surface area (Å²) in [6.45, 7) is 7.94. The van der Waals surface area contributed by atoms with E-state index < -0.39 is 0 Å². The Labute approximate surface area is 86.5 Å². The number of rotatable bonds is 2. The molecule has 2 rings (SSSR count). The van der Waals surface area contributed by atoms with Gasteiger partial charge in [0.15, 0.2) is 0 Å². The molecule has 14 heavy (non-hydrogen) atoms. The molecule has 2 atom stereocenters. The summed E-state index contributed by atoms with van der Waals surface area (Å²) < 4.78 is 0. The summed E-state index contributed by atoms with van der Waals surface area (Å²) in [6, 6.07) is 9.64. The Bertz CT molecular complexity index is 300. The fraction of sp³-hybridized carbons (Fsp3) is 0.538. The summed E-state index contributed by atoms with van der Waals surface area (Å²) in [5, 5.41) is 3.46. The molecule has 1 aromatic rings. The van der Waals surface area contributed by atoms with E-state index in [1.807, 2.05) is 0 Å². The average Bonchev–Trinajstić information content (AvgIpc) is 2.16. The largest absolute Gasteiger partial charge is 0.309 e. The van der Waals surface area contributed by atoms with Crippen molar-refractivity contribution >= 4 is 0 Å². The second kappa shape index (κ2) is 3.74. The molecular weight excluding hydrogens is 170 g/mol. The molecule has 0 aromatic heterocycles. The molecule has 0 radical (unpaired) electrons. The molecule has 2 unspecified atom stereocenters. The van der Waals surface area contributed by atoms with Crippen LogP contribution in [-0.2, 0) is 0 Å². The number of hydrogen-bond donors (Lipinski definition) is 1. The predicted octanol–water partition coefficient (Wildman–Crippen LogP) is 3.09. The van der Waals surface area contributed by atoms with Gasteiger partial charge in [0.05, 0.1) is 0 Å². The lowest BCUT2D eigenvalue weighted by atomic mass is 9.87. The highest BCUT2D eigenvalue weighted by atomic mass is 15.0. The molecule has 0 aliphatic carbocycles. The van der Waals surface area contributed by atoms with Crippen molar-refractivity contribution in [3.8, 4) is 0 Å². The van der Waals surface area contributed by atoms with Crippen LogP contribution in [0.25, 0.3) is 0 Å². The molecule has 0 spiro atoms. The van der Waals surface area contributed by atoms with Gasteiger partial charge in [0.25, 0.3) is 0 Å². The fourth-order valence-electron chi connectivity index (χ4n) is 2.01. The molecule has 0 amide bonds. The first-order chi connectivity index (χ1) is 6.68. The molecule has 1 N–H and O–H groups in total. The van der Waals surface area contributed by atoms with Crippen molar-refractivity contribution < 1.29 is 0 Å². The van der Waals surface area contributed by atoms with Crippen LogP contribution in [0.3, 0.4) is 0 Å². The van der Waals surface area contributed by atoms with Crippen LogP contribution < -0.4 is 5.32 Å². The first kappa shape index (κ1) is 9.72. The maximum Gasteiger partial charge on any atom is 0.0358 e. The Morgan fingerprint density at radius 3 is 2.21 bits per heavy atom. The number of benzene rings is 1. The van der Waals surface area contributed by atoms with Gasteiger partial charge >= 0.3 is 0 Å². The topological polar surface area (TPSA) is 12.0 Å². The number of hydrogen-bond acceptors (Lipinski definition) is 1. The maximum absolute atomic E-state index is 3.46. The lowest BCUT2D eigenvalue weighted by Crippen LogP contribution is -2.43. The van der Waals surface area contributed by atoms with Crippen molar-refractivity contribution in [1.29, 1.82) is 0 Å². The van der Waals surface area contributed by atoms with Crippen LogP contribution in [0.15, 0.2) is 24.3 Å². The van der Waals surface area contributed by atoms with Crippen molar-refractivity contribution in [2.24, 2.45) is 5.92 Å². The zero-order valence-electron chi connectivity index (χ0n) is 9.25. The van der Waals surface area contributed by atoms with Crippen LogP contribution in [0.4, 0.5) is 0 Å². The molecule has 0 saturated carbocycles. The van der Waals surface area contributed by atoms with E-state index in [-0.39, 0.29) is 0 Å². The van der Waals surface area contributed by atoms with Crippen LogP contribution >= 0.6 is 0 Å². The minimum Gasteiger partial charge on any atom is -0.309 e. The first-order valence-corrected chi connectivity index (χ1v) is 5.51. The molecule has 76 valence electrons. The van der Waals surface area contributed by atoms with E-state index in [1.54, 1.807) is 0 Å². The van der Waals surface area contributed by atoms with E-state index in [4.69, 9.17) is 0 Å². The van der Waals surface area contributed by atoms with E-state index in [0.717, 1.165) is 12.5 Å². The second-order valence-corrected chi connectivity index (χ2v) is 4.68. The third kappa shape index (κ3) is 1.69. The molecule has 1 aliphatic rings. The molecule has 1 aliphatic heterocycles. The van der Waals surface area contributed by atoms with E-state index in [9.17, 15) is 0 Å². The lowest BCUT2D eigenvalue weighted by molar-refractivity contribution is 0.258. The smallest absolute Gasteiger partial charge is 0.0358 e. The Balaban J connectivity index is 2.13. The van der Waals surface area contributed by atoms with Gasteiger partial charge in [-0.1, -0.05) is 45.0 Å². The van der Waals surface area contributed by atoms with Crippen LogP contribution in [0, 0.1) is 5.92 Å². The Morgan fingerprint density at radius 1 is 1.21 bits per heavy atom. The van der Waals surface area contributed by atoms with E-state index in [2.05, 4.69) is 50.4 Å². The third-order valence-corrected chi connectivity index (χ3v) is 3.19. The van der Waals surface area contributed by atoms with Crippen molar-refractivity contribution in [2.45, 2.75) is 32.7 Å². The standard InChI is InChI=1S/C13H19N/c1-9(2)11-4-6-12(7-5-11)13-10(3)8-14-13/h4-7,9-10,13-14H,8H2,1-3H3. The molecule has 1 saturated heterocycles. The van der Waals surface area contributed by atoms with Gasteiger partial charge in [0.1, 0.15) is 0 Å². The average molecular weight is 189 g/mol. The third-order valence-electron chi connectivity index (χ3n) is 3.19. The van der Waals surface area contributed by atoms with Gasteiger partial charge in [-0.05, 0) is 23.0 Å². The summed E-state index contributed by atoms with van der Waals surface area (Å²) in [4.78, 5) is 0.